The fourth-order valence-electron chi connectivity index (χ4n) is 2.83. The molecule has 0 saturated heterocycles. The number of nitrogens with one attached hydrogen (secondary N) is 2. The normalized spacial score (nSPS) is 18.7. The maximum atomic E-state index is 11.5. The fourth-order valence-corrected chi connectivity index (χ4v) is 2.83. The molecule has 7 heteroatoms. The zero-order valence-electron chi connectivity index (χ0n) is 10.1. The lowest BCUT2D eigenvalue weighted by Gasteiger charge is -2.35. The summed E-state index contributed by atoms with van der Waals surface area (Å²) in [7, 11) is 0. The van der Waals surface area contributed by atoms with Crippen molar-refractivity contribution in [2.75, 3.05) is 0 Å². The summed E-state index contributed by atoms with van der Waals surface area (Å²) >= 11 is 0. The fraction of sp³-hybridized carbons (Fsp3) is 0.727. The highest BCUT2D eigenvalue weighted by Crippen LogP contribution is 2.40. The summed E-state index contributed by atoms with van der Waals surface area (Å²) in [5.41, 5.74) is -1.48. The molecule has 1 aliphatic rings. The van der Waals surface area contributed by atoms with Crippen molar-refractivity contribution in [3.63, 3.8) is 0 Å². The Morgan fingerprint density at radius 2 is 1.72 bits per heavy atom. The topological polar surface area (TPSA) is 108 Å². The highest BCUT2D eigenvalue weighted by atomic mass is 16.4. The molecule has 0 radical (unpaired) electrons. The molecule has 0 aromatic carbocycles. The van der Waals surface area contributed by atoms with Crippen LogP contribution in [-0.4, -0.2) is 25.8 Å². The van der Waals surface area contributed by atoms with Gasteiger partial charge in [0.15, 0.2) is 0 Å². The van der Waals surface area contributed by atoms with E-state index in [1.54, 1.807) is 0 Å². The highest BCUT2D eigenvalue weighted by molar-refractivity contribution is 5.67. The average Bonchev–Trinajstić information content (AvgIpc) is 2.61. The van der Waals surface area contributed by atoms with Crippen molar-refractivity contribution in [3.05, 3.63) is 21.0 Å². The Morgan fingerprint density at radius 3 is 2.22 bits per heavy atom. The predicted molar refractivity (Wildman–Crippen MR) is 63.4 cm³/mol. The molecule has 1 aromatic rings. The molecule has 0 aliphatic heterocycles. The molecule has 100 valence electrons. The van der Waals surface area contributed by atoms with Crippen LogP contribution >= 0.6 is 0 Å². The van der Waals surface area contributed by atoms with Gasteiger partial charge in [0.25, 0.3) is 0 Å². The average molecular weight is 255 g/mol. The van der Waals surface area contributed by atoms with Gasteiger partial charge in [0.2, 0.25) is 0 Å². The SMILES string of the molecule is O=C(O)CC1(Cn2c(=O)[nH][nH]c2=O)CCCCC1. The van der Waals surface area contributed by atoms with Crippen molar-refractivity contribution >= 4 is 5.97 Å². The van der Waals surface area contributed by atoms with E-state index in [1.807, 2.05) is 0 Å². The van der Waals surface area contributed by atoms with E-state index in [0.29, 0.717) is 0 Å². The van der Waals surface area contributed by atoms with Gasteiger partial charge in [-0.25, -0.2) is 24.4 Å². The second kappa shape index (κ2) is 4.83. The maximum absolute atomic E-state index is 11.5. The first-order valence-corrected chi connectivity index (χ1v) is 6.12. The first kappa shape index (κ1) is 12.7. The summed E-state index contributed by atoms with van der Waals surface area (Å²) in [6, 6.07) is 0. The van der Waals surface area contributed by atoms with Gasteiger partial charge in [0, 0.05) is 6.54 Å². The van der Waals surface area contributed by atoms with E-state index >= 15 is 0 Å². The molecule has 1 aliphatic carbocycles. The summed E-state index contributed by atoms with van der Waals surface area (Å²) in [6.45, 7) is 0.178. The summed E-state index contributed by atoms with van der Waals surface area (Å²) in [5.74, 6) is -0.878. The third-order valence-electron chi connectivity index (χ3n) is 3.70. The number of carboxylic acid groups (broad SMARTS) is 1. The van der Waals surface area contributed by atoms with E-state index in [0.717, 1.165) is 36.7 Å². The number of aromatic nitrogens is 3. The number of rotatable bonds is 4. The number of carboxylic acids is 1. The van der Waals surface area contributed by atoms with Gasteiger partial charge in [-0.1, -0.05) is 19.3 Å². The van der Waals surface area contributed by atoms with Crippen LogP contribution in [0.1, 0.15) is 38.5 Å². The van der Waals surface area contributed by atoms with Crippen LogP contribution in [0.4, 0.5) is 0 Å². The number of hydrogen-bond donors (Lipinski definition) is 3. The van der Waals surface area contributed by atoms with Crippen LogP contribution in [-0.2, 0) is 11.3 Å². The van der Waals surface area contributed by atoms with Gasteiger partial charge < -0.3 is 5.11 Å². The summed E-state index contributed by atoms with van der Waals surface area (Å²) in [4.78, 5) is 33.9. The highest BCUT2D eigenvalue weighted by Gasteiger charge is 2.35. The molecule has 0 spiro atoms. The van der Waals surface area contributed by atoms with E-state index in [9.17, 15) is 14.4 Å². The Bertz CT molecular complexity index is 505. The van der Waals surface area contributed by atoms with Crippen molar-refractivity contribution in [2.24, 2.45) is 5.41 Å². The van der Waals surface area contributed by atoms with Gasteiger partial charge in [0.05, 0.1) is 6.42 Å². The molecule has 0 atom stereocenters. The lowest BCUT2D eigenvalue weighted by atomic mass is 9.71. The van der Waals surface area contributed by atoms with Crippen LogP contribution in [0.5, 0.6) is 0 Å². The number of aliphatic carboxylic acids is 1. The van der Waals surface area contributed by atoms with E-state index in [-0.39, 0.29) is 13.0 Å². The Morgan fingerprint density at radius 1 is 1.17 bits per heavy atom. The third-order valence-corrected chi connectivity index (χ3v) is 3.70. The van der Waals surface area contributed by atoms with Crippen LogP contribution in [0.3, 0.4) is 0 Å². The maximum Gasteiger partial charge on any atom is 0.344 e. The van der Waals surface area contributed by atoms with Gasteiger partial charge in [-0.2, -0.15) is 0 Å². The summed E-state index contributed by atoms with van der Waals surface area (Å²) in [5, 5.41) is 13.5. The molecule has 1 saturated carbocycles. The van der Waals surface area contributed by atoms with E-state index < -0.39 is 22.8 Å². The molecule has 1 aromatic heterocycles. The Labute approximate surface area is 103 Å². The third kappa shape index (κ3) is 2.55. The molecule has 1 heterocycles. The van der Waals surface area contributed by atoms with Crippen LogP contribution in [0.2, 0.25) is 0 Å². The Balaban J connectivity index is 2.27. The number of hydrogen-bond acceptors (Lipinski definition) is 3. The first-order valence-electron chi connectivity index (χ1n) is 6.12. The number of nitrogens with zero attached hydrogens (tertiary/aromatic N) is 1. The molecule has 2 rings (SSSR count). The summed E-state index contributed by atoms with van der Waals surface area (Å²) < 4.78 is 1.06. The standard InChI is InChI=1S/C11H17N3O4/c15-8(16)6-11(4-2-1-3-5-11)7-14-9(17)12-13-10(14)18/h1-7H2,(H,12,17)(H,13,18)(H,15,16). The minimum atomic E-state index is -0.878. The van der Waals surface area contributed by atoms with Crippen LogP contribution in [0, 0.1) is 5.41 Å². The number of aromatic amines is 2. The quantitative estimate of drug-likeness (QED) is 0.718. The molecular formula is C11H17N3O4. The monoisotopic (exact) mass is 255 g/mol. The minimum Gasteiger partial charge on any atom is -0.481 e. The van der Waals surface area contributed by atoms with Crippen molar-refractivity contribution in [1.29, 1.82) is 0 Å². The Kier molecular flexibility index (Phi) is 3.40. The number of carbonyl (C=O) groups is 1. The van der Waals surface area contributed by atoms with Crippen LogP contribution in [0.25, 0.3) is 0 Å². The zero-order chi connectivity index (χ0) is 13.2. The smallest absolute Gasteiger partial charge is 0.344 e. The molecule has 0 amide bonds. The van der Waals surface area contributed by atoms with Gasteiger partial charge in [0.1, 0.15) is 0 Å². The van der Waals surface area contributed by atoms with E-state index in [4.69, 9.17) is 5.11 Å². The Hall–Kier alpha value is -1.79. The van der Waals surface area contributed by atoms with Gasteiger partial charge in [-0.3, -0.25) is 4.79 Å². The molecule has 3 N–H and O–H groups in total. The first-order chi connectivity index (χ1) is 8.52. The van der Waals surface area contributed by atoms with E-state index in [1.165, 1.54) is 0 Å². The van der Waals surface area contributed by atoms with Gasteiger partial charge in [-0.05, 0) is 18.3 Å². The van der Waals surface area contributed by atoms with Crippen molar-refractivity contribution in [3.8, 4) is 0 Å². The molecule has 0 bridgehead atoms. The van der Waals surface area contributed by atoms with Crippen molar-refractivity contribution in [2.45, 2.75) is 45.1 Å². The number of H-pyrrole nitrogens is 2. The van der Waals surface area contributed by atoms with Crippen LogP contribution < -0.4 is 11.4 Å². The van der Waals surface area contributed by atoms with Crippen LogP contribution in [0.15, 0.2) is 9.59 Å². The van der Waals surface area contributed by atoms with Gasteiger partial charge >= 0.3 is 17.3 Å². The second-order valence-corrected chi connectivity index (χ2v) is 5.08. The lowest BCUT2D eigenvalue weighted by molar-refractivity contribution is -0.140. The zero-order valence-corrected chi connectivity index (χ0v) is 10.1. The van der Waals surface area contributed by atoms with Crippen molar-refractivity contribution < 1.29 is 9.90 Å². The van der Waals surface area contributed by atoms with Gasteiger partial charge in [-0.15, -0.1) is 0 Å². The lowest BCUT2D eigenvalue weighted by Crippen LogP contribution is -2.39. The predicted octanol–water partition coefficient (Wildman–Crippen LogP) is 0.290. The van der Waals surface area contributed by atoms with E-state index in [2.05, 4.69) is 10.2 Å². The minimum absolute atomic E-state index is 0.00403. The molecular weight excluding hydrogens is 238 g/mol. The van der Waals surface area contributed by atoms with Crippen molar-refractivity contribution in [1.82, 2.24) is 14.8 Å². The molecule has 0 unspecified atom stereocenters. The molecule has 18 heavy (non-hydrogen) atoms. The molecule has 7 nitrogen and oxygen atoms in total. The second-order valence-electron chi connectivity index (χ2n) is 5.08. The largest absolute Gasteiger partial charge is 0.481 e. The summed E-state index contributed by atoms with van der Waals surface area (Å²) in [6.07, 6.45) is 4.48. The molecule has 1 fully saturated rings.